The van der Waals surface area contributed by atoms with E-state index in [1.807, 2.05) is 37.3 Å². The zero-order chi connectivity index (χ0) is 14.7. The van der Waals surface area contributed by atoms with Crippen molar-refractivity contribution in [2.24, 2.45) is 5.73 Å². The second-order valence-corrected chi connectivity index (χ2v) is 5.28. The summed E-state index contributed by atoms with van der Waals surface area (Å²) in [5.41, 5.74) is 8.74. The van der Waals surface area contributed by atoms with Crippen LogP contribution >= 0.6 is 0 Å². The molecule has 0 bridgehead atoms. The van der Waals surface area contributed by atoms with Crippen LogP contribution in [0.3, 0.4) is 0 Å². The van der Waals surface area contributed by atoms with Gasteiger partial charge in [0.2, 0.25) is 0 Å². The van der Waals surface area contributed by atoms with Gasteiger partial charge in [0, 0.05) is 23.7 Å². The van der Waals surface area contributed by atoms with Gasteiger partial charge in [-0.2, -0.15) is 0 Å². The number of para-hydroxylation sites is 1. The van der Waals surface area contributed by atoms with Crippen molar-refractivity contribution in [2.45, 2.75) is 25.8 Å². The average Bonchev–Trinajstić information content (AvgIpc) is 2.53. The Morgan fingerprint density at radius 1 is 1.29 bits per heavy atom. The van der Waals surface area contributed by atoms with Gasteiger partial charge in [0.1, 0.15) is 11.5 Å². The largest absolute Gasteiger partial charge is 0.493 e. The quantitative estimate of drug-likeness (QED) is 0.938. The van der Waals surface area contributed by atoms with E-state index < -0.39 is 0 Å². The molecule has 0 saturated heterocycles. The van der Waals surface area contributed by atoms with Gasteiger partial charge in [0.25, 0.3) is 0 Å². The van der Waals surface area contributed by atoms with Crippen LogP contribution < -0.4 is 15.2 Å². The number of nitrogens with two attached hydrogens (primary N) is 1. The van der Waals surface area contributed by atoms with Gasteiger partial charge in [-0.05, 0) is 31.5 Å². The number of nitrogens with zero attached hydrogens (tertiary/aromatic N) is 1. The molecule has 0 saturated carbocycles. The molecule has 1 unspecified atom stereocenters. The summed E-state index contributed by atoms with van der Waals surface area (Å²) < 4.78 is 11.7. The maximum absolute atomic E-state index is 5.98. The van der Waals surface area contributed by atoms with E-state index in [1.54, 1.807) is 0 Å². The highest BCUT2D eigenvalue weighted by molar-refractivity contribution is 5.38. The van der Waals surface area contributed by atoms with E-state index >= 15 is 0 Å². The second kappa shape index (κ2) is 6.14. The molecule has 0 spiro atoms. The fourth-order valence-corrected chi connectivity index (χ4v) is 2.65. The van der Waals surface area contributed by atoms with Crippen LogP contribution in [0.1, 0.15) is 29.3 Å². The van der Waals surface area contributed by atoms with Gasteiger partial charge in [0.15, 0.2) is 0 Å². The molecule has 1 aliphatic heterocycles. The summed E-state index contributed by atoms with van der Waals surface area (Å²) in [5, 5.41) is 0. The molecule has 2 N–H and O–H groups in total. The Labute approximate surface area is 124 Å². The number of benzene rings is 1. The SMILES string of the molecule is Cc1ccc(OCC2CCOc3ccccc32)c(CN)n1. The van der Waals surface area contributed by atoms with Crippen LogP contribution in [-0.4, -0.2) is 18.2 Å². The summed E-state index contributed by atoms with van der Waals surface area (Å²) in [4.78, 5) is 4.42. The lowest BCUT2D eigenvalue weighted by atomic mass is 9.94. The zero-order valence-corrected chi connectivity index (χ0v) is 12.2. The molecule has 0 aliphatic carbocycles. The van der Waals surface area contributed by atoms with E-state index in [-0.39, 0.29) is 0 Å². The summed E-state index contributed by atoms with van der Waals surface area (Å²) in [6.07, 6.45) is 0.967. The van der Waals surface area contributed by atoms with Crippen molar-refractivity contribution in [2.75, 3.05) is 13.2 Å². The fraction of sp³-hybridized carbons (Fsp3) is 0.353. The number of ether oxygens (including phenoxy) is 2. The van der Waals surface area contributed by atoms with Gasteiger partial charge in [-0.1, -0.05) is 18.2 Å². The molecule has 2 aromatic rings. The summed E-state index contributed by atoms with van der Waals surface area (Å²) in [6.45, 7) is 3.71. The molecular weight excluding hydrogens is 264 g/mol. The van der Waals surface area contributed by atoms with E-state index in [2.05, 4.69) is 11.1 Å². The molecule has 21 heavy (non-hydrogen) atoms. The summed E-state index contributed by atoms with van der Waals surface area (Å²) in [5.74, 6) is 2.10. The number of hydrogen-bond donors (Lipinski definition) is 1. The maximum Gasteiger partial charge on any atom is 0.142 e. The molecule has 4 heteroatoms. The maximum atomic E-state index is 5.98. The Morgan fingerprint density at radius 2 is 2.14 bits per heavy atom. The summed E-state index contributed by atoms with van der Waals surface area (Å²) in [6, 6.07) is 12.1. The Morgan fingerprint density at radius 3 is 3.00 bits per heavy atom. The first-order valence-corrected chi connectivity index (χ1v) is 7.29. The number of aromatic nitrogens is 1. The van der Waals surface area contributed by atoms with E-state index in [0.717, 1.165) is 35.9 Å². The number of pyridine rings is 1. The van der Waals surface area contributed by atoms with E-state index in [4.69, 9.17) is 15.2 Å². The van der Waals surface area contributed by atoms with Crippen LogP contribution in [0.4, 0.5) is 0 Å². The number of rotatable bonds is 4. The summed E-state index contributed by atoms with van der Waals surface area (Å²) in [7, 11) is 0. The minimum atomic E-state index is 0.349. The Bertz CT molecular complexity index is 628. The second-order valence-electron chi connectivity index (χ2n) is 5.28. The summed E-state index contributed by atoms with van der Waals surface area (Å²) >= 11 is 0. The van der Waals surface area contributed by atoms with Crippen molar-refractivity contribution in [1.29, 1.82) is 0 Å². The van der Waals surface area contributed by atoms with Gasteiger partial charge in [-0.15, -0.1) is 0 Å². The first kappa shape index (κ1) is 13.9. The third-order valence-corrected chi connectivity index (χ3v) is 3.79. The number of hydrogen-bond acceptors (Lipinski definition) is 4. The van der Waals surface area contributed by atoms with Gasteiger partial charge >= 0.3 is 0 Å². The van der Waals surface area contributed by atoms with E-state index in [0.29, 0.717) is 19.1 Å². The van der Waals surface area contributed by atoms with Gasteiger partial charge in [-0.25, -0.2) is 0 Å². The third kappa shape index (κ3) is 3.00. The van der Waals surface area contributed by atoms with Crippen LogP contribution in [0.2, 0.25) is 0 Å². The lowest BCUT2D eigenvalue weighted by Crippen LogP contribution is -2.20. The molecule has 3 rings (SSSR count). The Kier molecular flexibility index (Phi) is 4.06. The minimum absolute atomic E-state index is 0.349. The van der Waals surface area contributed by atoms with Crippen LogP contribution in [0, 0.1) is 6.92 Å². The van der Waals surface area contributed by atoms with E-state index in [1.165, 1.54) is 5.56 Å². The molecule has 2 heterocycles. The van der Waals surface area contributed by atoms with Crippen molar-refractivity contribution in [3.63, 3.8) is 0 Å². The van der Waals surface area contributed by atoms with Crippen LogP contribution in [0.5, 0.6) is 11.5 Å². The highest BCUT2D eigenvalue weighted by atomic mass is 16.5. The first-order valence-electron chi connectivity index (χ1n) is 7.29. The Hall–Kier alpha value is -2.07. The van der Waals surface area contributed by atoms with Crippen LogP contribution in [0.15, 0.2) is 36.4 Å². The van der Waals surface area contributed by atoms with Gasteiger partial charge in [-0.3, -0.25) is 4.98 Å². The molecular formula is C17H20N2O2. The lowest BCUT2D eigenvalue weighted by molar-refractivity contribution is 0.216. The monoisotopic (exact) mass is 284 g/mol. The lowest BCUT2D eigenvalue weighted by Gasteiger charge is -2.26. The predicted octanol–water partition coefficient (Wildman–Crippen LogP) is 2.79. The van der Waals surface area contributed by atoms with E-state index in [9.17, 15) is 0 Å². The topological polar surface area (TPSA) is 57.4 Å². The van der Waals surface area contributed by atoms with Gasteiger partial charge in [0.05, 0.1) is 18.9 Å². The standard InChI is InChI=1S/C17H20N2O2/c1-12-6-7-17(15(10-18)19-12)21-11-13-8-9-20-16-5-3-2-4-14(13)16/h2-7,13H,8-11,18H2,1H3. The van der Waals surface area contributed by atoms with Crippen molar-refractivity contribution in [3.8, 4) is 11.5 Å². The smallest absolute Gasteiger partial charge is 0.142 e. The normalized spacial score (nSPS) is 17.0. The van der Waals surface area contributed by atoms with Crippen molar-refractivity contribution >= 4 is 0 Å². The number of aryl methyl sites for hydroxylation is 1. The molecule has 1 aromatic heterocycles. The van der Waals surface area contributed by atoms with Crippen molar-refractivity contribution in [3.05, 3.63) is 53.3 Å². The number of fused-ring (bicyclic) bond motifs is 1. The molecule has 0 radical (unpaired) electrons. The highest BCUT2D eigenvalue weighted by Gasteiger charge is 2.22. The molecule has 0 fully saturated rings. The van der Waals surface area contributed by atoms with Crippen molar-refractivity contribution < 1.29 is 9.47 Å². The van der Waals surface area contributed by atoms with Crippen LogP contribution in [0.25, 0.3) is 0 Å². The Balaban J connectivity index is 1.74. The highest BCUT2D eigenvalue weighted by Crippen LogP contribution is 2.33. The van der Waals surface area contributed by atoms with Gasteiger partial charge < -0.3 is 15.2 Å². The van der Waals surface area contributed by atoms with Crippen molar-refractivity contribution in [1.82, 2.24) is 4.98 Å². The molecule has 1 atom stereocenters. The molecule has 0 amide bonds. The molecule has 110 valence electrons. The molecule has 1 aliphatic rings. The average molecular weight is 284 g/mol. The minimum Gasteiger partial charge on any atom is -0.493 e. The first-order chi connectivity index (χ1) is 10.3. The third-order valence-electron chi connectivity index (χ3n) is 3.79. The molecule has 1 aromatic carbocycles. The zero-order valence-electron chi connectivity index (χ0n) is 12.2. The van der Waals surface area contributed by atoms with Crippen LogP contribution in [-0.2, 0) is 6.54 Å². The predicted molar refractivity (Wildman–Crippen MR) is 81.7 cm³/mol. The fourth-order valence-electron chi connectivity index (χ4n) is 2.65. The molecule has 4 nitrogen and oxygen atoms in total.